The highest BCUT2D eigenvalue weighted by molar-refractivity contribution is 6.31. The van der Waals surface area contributed by atoms with Gasteiger partial charge in [0.05, 0.1) is 11.1 Å². The van der Waals surface area contributed by atoms with Crippen molar-refractivity contribution < 1.29 is 10.0 Å². The Hall–Kier alpha value is -2.48. The van der Waals surface area contributed by atoms with Crippen molar-refractivity contribution >= 4 is 23.5 Å². The molecule has 0 saturated heterocycles. The van der Waals surface area contributed by atoms with Crippen LogP contribution >= 0.6 is 11.6 Å². The highest BCUT2D eigenvalue weighted by Gasteiger charge is 2.17. The summed E-state index contributed by atoms with van der Waals surface area (Å²) in [5.41, 5.74) is -0.351. The number of phenolic OH excluding ortho intramolecular Hbond substituents is 1. The molecule has 92 valence electrons. The minimum atomic E-state index is -0.725. The van der Waals surface area contributed by atoms with Crippen molar-refractivity contribution in [3.05, 3.63) is 45.5 Å². The first-order valence-corrected chi connectivity index (χ1v) is 5.01. The zero-order chi connectivity index (χ0) is 13.1. The predicted octanol–water partition coefficient (Wildman–Crippen LogP) is 1.43. The monoisotopic (exact) mass is 267 g/mol. The summed E-state index contributed by atoms with van der Waals surface area (Å²) in [6.07, 6.45) is 3.87. The lowest BCUT2D eigenvalue weighted by Crippen LogP contribution is -1.94. The third kappa shape index (κ3) is 2.43. The molecule has 0 saturated carbocycles. The minimum Gasteiger partial charge on any atom is -0.502 e. The molecule has 0 bridgehead atoms. The van der Waals surface area contributed by atoms with E-state index in [4.69, 9.17) is 11.6 Å². The molecule has 1 aromatic heterocycles. The van der Waals surface area contributed by atoms with Crippen molar-refractivity contribution in [3.8, 4) is 5.75 Å². The molecule has 18 heavy (non-hydrogen) atoms. The second kappa shape index (κ2) is 4.80. The molecule has 2 aromatic rings. The van der Waals surface area contributed by atoms with Crippen molar-refractivity contribution in [2.45, 2.75) is 0 Å². The zero-order valence-electron chi connectivity index (χ0n) is 8.76. The summed E-state index contributed by atoms with van der Waals surface area (Å²) in [7, 11) is 0. The predicted molar refractivity (Wildman–Crippen MR) is 62.8 cm³/mol. The summed E-state index contributed by atoms with van der Waals surface area (Å²) in [6.45, 7) is 0. The van der Waals surface area contributed by atoms with Gasteiger partial charge >= 0.3 is 5.69 Å². The van der Waals surface area contributed by atoms with Crippen LogP contribution in [0.2, 0.25) is 5.02 Å². The van der Waals surface area contributed by atoms with E-state index in [1.165, 1.54) is 29.6 Å². The van der Waals surface area contributed by atoms with Gasteiger partial charge in [0.15, 0.2) is 0 Å². The first-order chi connectivity index (χ1) is 8.58. The smallest absolute Gasteiger partial charge is 0.312 e. The third-order valence-corrected chi connectivity index (χ3v) is 2.24. The Morgan fingerprint density at radius 2 is 2.11 bits per heavy atom. The second-order valence-electron chi connectivity index (χ2n) is 3.21. The zero-order valence-corrected chi connectivity index (χ0v) is 9.52. The largest absolute Gasteiger partial charge is 0.502 e. The standard InChI is InChI=1S/C9H6ClN5O3/c10-7-1-6(3-13-14-4-11-12-5-14)9(16)8(2-7)15(17)18/h1-5,16H. The van der Waals surface area contributed by atoms with Crippen LogP contribution in [-0.4, -0.2) is 31.1 Å². The molecular formula is C9H6ClN5O3. The molecule has 0 aliphatic rings. The highest BCUT2D eigenvalue weighted by Crippen LogP contribution is 2.32. The fourth-order valence-electron chi connectivity index (χ4n) is 1.23. The molecule has 0 aliphatic heterocycles. The Morgan fingerprint density at radius 1 is 1.44 bits per heavy atom. The minimum absolute atomic E-state index is 0.128. The molecule has 1 aromatic carbocycles. The van der Waals surface area contributed by atoms with E-state index in [2.05, 4.69) is 15.3 Å². The van der Waals surface area contributed by atoms with Gasteiger partial charge in [0.25, 0.3) is 0 Å². The average Bonchev–Trinajstić information content (AvgIpc) is 2.82. The van der Waals surface area contributed by atoms with Gasteiger partial charge in [0.2, 0.25) is 5.75 Å². The molecule has 0 unspecified atom stereocenters. The van der Waals surface area contributed by atoms with Crippen LogP contribution in [0.1, 0.15) is 5.56 Å². The van der Waals surface area contributed by atoms with Crippen LogP contribution in [0.25, 0.3) is 0 Å². The lowest BCUT2D eigenvalue weighted by molar-refractivity contribution is -0.385. The molecule has 0 amide bonds. The molecule has 0 aliphatic carbocycles. The van der Waals surface area contributed by atoms with Crippen LogP contribution in [0.3, 0.4) is 0 Å². The number of rotatable bonds is 3. The molecule has 1 heterocycles. The third-order valence-electron chi connectivity index (χ3n) is 2.02. The van der Waals surface area contributed by atoms with Gasteiger partial charge in [0, 0.05) is 16.7 Å². The maximum atomic E-state index is 10.7. The summed E-state index contributed by atoms with van der Waals surface area (Å²) < 4.78 is 1.27. The summed E-state index contributed by atoms with van der Waals surface area (Å²) in [6, 6.07) is 2.42. The van der Waals surface area contributed by atoms with Gasteiger partial charge in [-0.2, -0.15) is 5.10 Å². The molecule has 1 N–H and O–H groups in total. The van der Waals surface area contributed by atoms with E-state index in [0.29, 0.717) is 0 Å². The van der Waals surface area contributed by atoms with Gasteiger partial charge in [-0.25, -0.2) is 4.68 Å². The molecule has 0 spiro atoms. The van der Waals surface area contributed by atoms with Gasteiger partial charge in [-0.05, 0) is 6.07 Å². The molecule has 0 atom stereocenters. The van der Waals surface area contributed by atoms with Gasteiger partial charge < -0.3 is 5.11 Å². The topological polar surface area (TPSA) is 106 Å². The maximum absolute atomic E-state index is 10.7. The van der Waals surface area contributed by atoms with Gasteiger partial charge in [0.1, 0.15) is 12.7 Å². The van der Waals surface area contributed by atoms with Crippen LogP contribution in [0.4, 0.5) is 5.69 Å². The van der Waals surface area contributed by atoms with Crippen molar-refractivity contribution in [2.24, 2.45) is 5.10 Å². The maximum Gasteiger partial charge on any atom is 0.312 e. The fourth-order valence-corrected chi connectivity index (χ4v) is 1.45. The number of nitro benzene ring substituents is 1. The number of hydrogen-bond donors (Lipinski definition) is 1. The van der Waals surface area contributed by atoms with Crippen molar-refractivity contribution in [1.82, 2.24) is 14.9 Å². The number of nitrogens with zero attached hydrogens (tertiary/aromatic N) is 5. The van der Waals surface area contributed by atoms with E-state index in [0.717, 1.165) is 6.07 Å². The van der Waals surface area contributed by atoms with Crippen molar-refractivity contribution in [2.75, 3.05) is 0 Å². The van der Waals surface area contributed by atoms with Crippen LogP contribution in [0, 0.1) is 10.1 Å². The summed E-state index contributed by atoms with van der Waals surface area (Å²) in [5.74, 6) is -0.499. The summed E-state index contributed by atoms with van der Waals surface area (Å²) in [5, 5.41) is 31.4. The van der Waals surface area contributed by atoms with E-state index in [1.807, 2.05) is 0 Å². The first-order valence-electron chi connectivity index (χ1n) is 4.64. The van der Waals surface area contributed by atoms with E-state index in [9.17, 15) is 15.2 Å². The van der Waals surface area contributed by atoms with E-state index in [1.54, 1.807) is 0 Å². The molecule has 0 fully saturated rings. The van der Waals surface area contributed by atoms with Crippen molar-refractivity contribution in [1.29, 1.82) is 0 Å². The average molecular weight is 268 g/mol. The van der Waals surface area contributed by atoms with Crippen LogP contribution in [-0.2, 0) is 0 Å². The van der Waals surface area contributed by atoms with Crippen LogP contribution < -0.4 is 0 Å². The summed E-state index contributed by atoms with van der Waals surface area (Å²) in [4.78, 5) is 9.95. The van der Waals surface area contributed by atoms with E-state index in [-0.39, 0.29) is 10.6 Å². The quantitative estimate of drug-likeness (QED) is 0.514. The Balaban J connectivity index is 2.42. The van der Waals surface area contributed by atoms with Crippen LogP contribution in [0.15, 0.2) is 29.9 Å². The summed E-state index contributed by atoms with van der Waals surface area (Å²) >= 11 is 5.72. The first kappa shape index (κ1) is 12.0. The Morgan fingerprint density at radius 3 is 2.72 bits per heavy atom. The van der Waals surface area contributed by atoms with Gasteiger partial charge in [-0.1, -0.05) is 11.6 Å². The Kier molecular flexibility index (Phi) is 3.20. The number of benzene rings is 1. The van der Waals surface area contributed by atoms with Crippen LogP contribution in [0.5, 0.6) is 5.75 Å². The number of aromatic hydroxyl groups is 1. The number of hydrogen-bond acceptors (Lipinski definition) is 6. The number of halogens is 1. The van der Waals surface area contributed by atoms with E-state index >= 15 is 0 Å². The molecular weight excluding hydrogens is 262 g/mol. The molecule has 0 radical (unpaired) electrons. The van der Waals surface area contributed by atoms with E-state index < -0.39 is 16.4 Å². The fraction of sp³-hybridized carbons (Fsp3) is 0. The molecule has 2 rings (SSSR count). The highest BCUT2D eigenvalue weighted by atomic mass is 35.5. The molecule has 8 nitrogen and oxygen atoms in total. The normalized spacial score (nSPS) is 10.9. The molecule has 9 heteroatoms. The lowest BCUT2D eigenvalue weighted by atomic mass is 10.2. The lowest BCUT2D eigenvalue weighted by Gasteiger charge is -2.01. The SMILES string of the molecule is O=[N+]([O-])c1cc(Cl)cc(C=Nn2cnnc2)c1O. The van der Waals surface area contributed by atoms with Gasteiger partial charge in [-0.15, -0.1) is 10.2 Å². The number of phenols is 1. The Labute approximate surface area is 105 Å². The Bertz CT molecular complexity index is 611. The number of aromatic nitrogens is 3. The number of nitro groups is 1. The van der Waals surface area contributed by atoms with Gasteiger partial charge in [-0.3, -0.25) is 10.1 Å². The second-order valence-corrected chi connectivity index (χ2v) is 3.64. The van der Waals surface area contributed by atoms with Crippen molar-refractivity contribution in [3.63, 3.8) is 0 Å².